The number of carbonyl (C=O) groups excluding carboxylic acids is 2. The summed E-state index contributed by atoms with van der Waals surface area (Å²) in [5.41, 5.74) is 0.115. The van der Waals surface area contributed by atoms with E-state index in [1.807, 2.05) is 0 Å². The number of benzene rings is 2. The van der Waals surface area contributed by atoms with Gasteiger partial charge in [0, 0.05) is 4.90 Å². The molecule has 11 heteroatoms. The summed E-state index contributed by atoms with van der Waals surface area (Å²) in [5, 5.41) is 11.4. The van der Waals surface area contributed by atoms with Crippen molar-refractivity contribution in [1.82, 2.24) is 19.4 Å². The minimum Gasteiger partial charge on any atom is -0.462 e. The molecule has 0 aliphatic carbocycles. The molecule has 0 spiro atoms. The van der Waals surface area contributed by atoms with Gasteiger partial charge < -0.3 is 10.1 Å². The van der Waals surface area contributed by atoms with Crippen molar-refractivity contribution in [1.29, 1.82) is 0 Å². The van der Waals surface area contributed by atoms with Gasteiger partial charge in [0.25, 0.3) is 0 Å². The maximum atomic E-state index is 13.4. The molecule has 0 saturated heterocycles. The number of carbonyl (C=O) groups is 2. The predicted molar refractivity (Wildman–Crippen MR) is 119 cm³/mol. The van der Waals surface area contributed by atoms with Gasteiger partial charge in [-0.2, -0.15) is 9.61 Å². The SMILES string of the molecule is CCOC(=O)c1ccccc1NC(=O)Cn1nc2ccc(Sc3cccc(F)c3)nn2c1=O. The van der Waals surface area contributed by atoms with E-state index in [9.17, 15) is 18.8 Å². The molecule has 2 heterocycles. The highest BCUT2D eigenvalue weighted by Gasteiger charge is 2.16. The highest BCUT2D eigenvalue weighted by atomic mass is 32.2. The fourth-order valence-electron chi connectivity index (χ4n) is 3.01. The Bertz CT molecular complexity index is 1400. The standard InChI is InChI=1S/C22H18FN5O4S/c1-2-32-21(30)16-8-3-4-9-17(16)24-19(29)13-27-22(31)28-18(25-27)10-11-20(26-28)33-15-7-5-6-14(23)12-15/h3-12H,2,13H2,1H3,(H,24,29). The molecule has 2 aromatic carbocycles. The number of nitrogens with one attached hydrogen (secondary N) is 1. The number of halogens is 1. The number of fused-ring (bicyclic) bond motifs is 1. The maximum absolute atomic E-state index is 13.4. The molecule has 0 atom stereocenters. The van der Waals surface area contributed by atoms with E-state index in [1.165, 1.54) is 30.0 Å². The first-order valence-electron chi connectivity index (χ1n) is 9.91. The van der Waals surface area contributed by atoms with Crippen molar-refractivity contribution in [2.24, 2.45) is 0 Å². The first kappa shape index (κ1) is 22.2. The third kappa shape index (κ3) is 5.09. The molecule has 4 aromatic rings. The van der Waals surface area contributed by atoms with Gasteiger partial charge in [-0.1, -0.05) is 30.0 Å². The third-order valence-corrected chi connectivity index (χ3v) is 5.34. The molecule has 1 N–H and O–H groups in total. The van der Waals surface area contributed by atoms with E-state index in [4.69, 9.17) is 4.74 Å². The van der Waals surface area contributed by atoms with Gasteiger partial charge in [-0.15, -0.1) is 5.10 Å². The van der Waals surface area contributed by atoms with Crippen molar-refractivity contribution in [3.8, 4) is 0 Å². The molecule has 1 amide bonds. The summed E-state index contributed by atoms with van der Waals surface area (Å²) in [7, 11) is 0. The molecule has 0 aliphatic heterocycles. The molecule has 0 fully saturated rings. The smallest absolute Gasteiger partial charge is 0.367 e. The lowest BCUT2D eigenvalue weighted by Gasteiger charge is -2.10. The lowest BCUT2D eigenvalue weighted by atomic mass is 10.2. The normalized spacial score (nSPS) is 10.8. The fraction of sp³-hybridized carbons (Fsp3) is 0.136. The van der Waals surface area contributed by atoms with E-state index in [0.29, 0.717) is 9.92 Å². The van der Waals surface area contributed by atoms with Crippen LogP contribution in [0.15, 0.2) is 75.4 Å². The molecule has 0 aliphatic rings. The molecule has 33 heavy (non-hydrogen) atoms. The van der Waals surface area contributed by atoms with Crippen LogP contribution in [0.4, 0.5) is 10.1 Å². The molecule has 4 rings (SSSR count). The van der Waals surface area contributed by atoms with Gasteiger partial charge in [-0.3, -0.25) is 4.79 Å². The summed E-state index contributed by atoms with van der Waals surface area (Å²) in [5.74, 6) is -1.49. The Balaban J connectivity index is 1.52. The quantitative estimate of drug-likeness (QED) is 0.416. The van der Waals surface area contributed by atoms with Gasteiger partial charge in [0.15, 0.2) is 5.65 Å². The number of rotatable bonds is 7. The van der Waals surface area contributed by atoms with Crippen LogP contribution in [0.1, 0.15) is 17.3 Å². The van der Waals surface area contributed by atoms with Crippen LogP contribution in [0, 0.1) is 5.82 Å². The number of anilines is 1. The van der Waals surface area contributed by atoms with E-state index in [-0.39, 0.29) is 35.9 Å². The summed E-state index contributed by atoms with van der Waals surface area (Å²) in [6.45, 7) is 1.50. The first-order chi connectivity index (χ1) is 15.9. The summed E-state index contributed by atoms with van der Waals surface area (Å²) >= 11 is 1.19. The summed E-state index contributed by atoms with van der Waals surface area (Å²) in [6, 6.07) is 15.7. The van der Waals surface area contributed by atoms with Crippen LogP contribution < -0.4 is 11.0 Å². The van der Waals surface area contributed by atoms with Gasteiger partial charge >= 0.3 is 11.7 Å². The zero-order valence-corrected chi connectivity index (χ0v) is 18.2. The zero-order chi connectivity index (χ0) is 23.4. The Hall–Kier alpha value is -3.99. The van der Waals surface area contributed by atoms with E-state index < -0.39 is 17.6 Å². The maximum Gasteiger partial charge on any atom is 0.367 e. The lowest BCUT2D eigenvalue weighted by molar-refractivity contribution is -0.117. The second kappa shape index (κ2) is 9.65. The number of esters is 1. The van der Waals surface area contributed by atoms with E-state index in [1.54, 1.807) is 49.4 Å². The monoisotopic (exact) mass is 467 g/mol. The molecule has 9 nitrogen and oxygen atoms in total. The van der Waals surface area contributed by atoms with Crippen LogP contribution in [0.5, 0.6) is 0 Å². The van der Waals surface area contributed by atoms with Crippen LogP contribution >= 0.6 is 11.8 Å². The number of hydrogen-bond donors (Lipinski definition) is 1. The van der Waals surface area contributed by atoms with Crippen LogP contribution in [0.2, 0.25) is 0 Å². The number of para-hydroxylation sites is 1. The van der Waals surface area contributed by atoms with Crippen molar-refractivity contribution in [3.63, 3.8) is 0 Å². The topological polar surface area (TPSA) is 108 Å². The Morgan fingerprint density at radius 3 is 2.70 bits per heavy atom. The minimum absolute atomic E-state index is 0.199. The Kier molecular flexibility index (Phi) is 6.50. The second-order valence-corrected chi connectivity index (χ2v) is 7.85. The molecule has 0 bridgehead atoms. The van der Waals surface area contributed by atoms with Crippen LogP contribution in [0.25, 0.3) is 5.65 Å². The highest BCUT2D eigenvalue weighted by Crippen LogP contribution is 2.26. The number of nitrogens with zero attached hydrogens (tertiary/aromatic N) is 4. The number of amides is 1. The summed E-state index contributed by atoms with van der Waals surface area (Å²) in [4.78, 5) is 38.0. The summed E-state index contributed by atoms with van der Waals surface area (Å²) in [6.07, 6.45) is 0. The van der Waals surface area contributed by atoms with Gasteiger partial charge in [0.2, 0.25) is 5.91 Å². The van der Waals surface area contributed by atoms with E-state index in [0.717, 1.165) is 9.20 Å². The Labute approximate surface area is 191 Å². The third-order valence-electron chi connectivity index (χ3n) is 4.42. The van der Waals surface area contributed by atoms with E-state index >= 15 is 0 Å². The van der Waals surface area contributed by atoms with Crippen LogP contribution in [-0.4, -0.2) is 37.9 Å². The van der Waals surface area contributed by atoms with Crippen LogP contribution in [0.3, 0.4) is 0 Å². The summed E-state index contributed by atoms with van der Waals surface area (Å²) < 4.78 is 20.4. The molecule has 0 radical (unpaired) electrons. The molecular weight excluding hydrogens is 449 g/mol. The van der Waals surface area contributed by atoms with Crippen molar-refractivity contribution >= 4 is 35.0 Å². The molecule has 0 unspecified atom stereocenters. The Morgan fingerprint density at radius 1 is 1.09 bits per heavy atom. The van der Waals surface area contributed by atoms with Crippen molar-refractivity contribution < 1.29 is 18.7 Å². The second-order valence-electron chi connectivity index (χ2n) is 6.76. The zero-order valence-electron chi connectivity index (χ0n) is 17.4. The van der Waals surface area contributed by atoms with Gasteiger partial charge in [-0.05, 0) is 49.4 Å². The van der Waals surface area contributed by atoms with E-state index in [2.05, 4.69) is 15.5 Å². The Morgan fingerprint density at radius 2 is 1.91 bits per heavy atom. The average molecular weight is 467 g/mol. The average Bonchev–Trinajstić information content (AvgIpc) is 3.09. The van der Waals surface area contributed by atoms with Crippen molar-refractivity contribution in [2.75, 3.05) is 11.9 Å². The largest absolute Gasteiger partial charge is 0.462 e. The minimum atomic E-state index is -0.611. The number of aromatic nitrogens is 4. The molecule has 0 saturated carbocycles. The van der Waals surface area contributed by atoms with Crippen LogP contribution in [-0.2, 0) is 16.1 Å². The fourth-order valence-corrected chi connectivity index (χ4v) is 3.82. The highest BCUT2D eigenvalue weighted by molar-refractivity contribution is 7.99. The molecule has 2 aromatic heterocycles. The van der Waals surface area contributed by atoms with Crippen molar-refractivity contribution in [3.05, 3.63) is 82.5 Å². The predicted octanol–water partition coefficient (Wildman–Crippen LogP) is 3.00. The van der Waals surface area contributed by atoms with Gasteiger partial charge in [0.1, 0.15) is 17.4 Å². The van der Waals surface area contributed by atoms with Crippen molar-refractivity contribution in [2.45, 2.75) is 23.4 Å². The first-order valence-corrected chi connectivity index (χ1v) is 10.7. The molecular formula is C22H18FN5O4S. The lowest BCUT2D eigenvalue weighted by Crippen LogP contribution is -2.29. The molecule has 168 valence electrons. The number of ether oxygens (including phenoxy) is 1. The van der Waals surface area contributed by atoms with Gasteiger partial charge in [0.05, 0.1) is 17.9 Å². The van der Waals surface area contributed by atoms with Gasteiger partial charge in [-0.25, -0.2) is 18.7 Å². The number of hydrogen-bond acceptors (Lipinski definition) is 7.